The number of ether oxygens (including phenoxy) is 2. The Hall–Kier alpha value is -0.970. The van der Waals surface area contributed by atoms with Gasteiger partial charge in [-0.3, -0.25) is 0 Å². The van der Waals surface area contributed by atoms with E-state index in [1.165, 1.54) is 0 Å². The van der Waals surface area contributed by atoms with Crippen LogP contribution in [0.2, 0.25) is 0 Å². The molecule has 2 atom stereocenters. The summed E-state index contributed by atoms with van der Waals surface area (Å²) in [6.45, 7) is 1.72. The molecule has 2 unspecified atom stereocenters. The summed E-state index contributed by atoms with van der Waals surface area (Å²) >= 11 is 0. The second-order valence-corrected chi connectivity index (χ2v) is 3.81. The zero-order valence-corrected chi connectivity index (χ0v) is 11.2. The number of hydrogen-bond donors (Lipinski definition) is 2. The van der Waals surface area contributed by atoms with Crippen molar-refractivity contribution in [3.63, 3.8) is 0 Å². The molecule has 0 fully saturated rings. The fraction of sp³-hybridized carbons (Fsp3) is 0.500. The zero-order valence-electron chi connectivity index (χ0n) is 10.3. The maximum atomic E-state index is 9.28. The number of benzene rings is 1. The van der Waals surface area contributed by atoms with Crippen LogP contribution in [0.1, 0.15) is 24.9 Å². The van der Waals surface area contributed by atoms with E-state index in [9.17, 15) is 5.11 Å². The highest BCUT2D eigenvalue weighted by atomic mass is 35.5. The minimum Gasteiger partial charge on any atom is -0.493 e. The fourth-order valence-electron chi connectivity index (χ4n) is 1.59. The molecule has 1 aromatic rings. The van der Waals surface area contributed by atoms with E-state index < -0.39 is 6.10 Å². The van der Waals surface area contributed by atoms with Crippen LogP contribution in [0.4, 0.5) is 0 Å². The van der Waals surface area contributed by atoms with E-state index in [-0.39, 0.29) is 18.4 Å². The van der Waals surface area contributed by atoms with Crippen LogP contribution in [0.3, 0.4) is 0 Å². The van der Waals surface area contributed by atoms with Gasteiger partial charge in [0.15, 0.2) is 11.5 Å². The predicted molar refractivity (Wildman–Crippen MR) is 70.0 cm³/mol. The Morgan fingerprint density at radius 2 is 1.82 bits per heavy atom. The lowest BCUT2D eigenvalue weighted by Gasteiger charge is -2.16. The Kier molecular flexibility index (Phi) is 6.95. The molecule has 5 heteroatoms. The summed E-state index contributed by atoms with van der Waals surface area (Å²) in [5, 5.41) is 9.28. The molecule has 0 aliphatic carbocycles. The number of nitrogens with two attached hydrogens (primary N) is 1. The largest absolute Gasteiger partial charge is 0.493 e. The molecule has 0 heterocycles. The van der Waals surface area contributed by atoms with Crippen LogP contribution < -0.4 is 15.2 Å². The van der Waals surface area contributed by atoms with E-state index in [1.807, 2.05) is 18.2 Å². The lowest BCUT2D eigenvalue weighted by Crippen LogP contribution is -2.16. The third-order valence-corrected chi connectivity index (χ3v) is 2.43. The Balaban J connectivity index is 0.00000256. The summed E-state index contributed by atoms with van der Waals surface area (Å²) in [6.07, 6.45) is 0.109. The SMILES string of the molecule is COc1ccc(C(N)CC(C)O)cc1OC.Cl. The monoisotopic (exact) mass is 261 g/mol. The van der Waals surface area contributed by atoms with Gasteiger partial charge in [-0.2, -0.15) is 0 Å². The maximum Gasteiger partial charge on any atom is 0.161 e. The summed E-state index contributed by atoms with van der Waals surface area (Å²) in [5.74, 6) is 1.33. The molecule has 0 spiro atoms. The smallest absolute Gasteiger partial charge is 0.161 e. The molecule has 0 saturated carbocycles. The Morgan fingerprint density at radius 3 is 2.29 bits per heavy atom. The van der Waals surface area contributed by atoms with Crippen molar-refractivity contribution in [3.05, 3.63) is 23.8 Å². The average molecular weight is 262 g/mol. The Bertz CT molecular complexity index is 345. The molecule has 0 aromatic heterocycles. The van der Waals surface area contributed by atoms with Gasteiger partial charge in [0.05, 0.1) is 20.3 Å². The van der Waals surface area contributed by atoms with Gasteiger partial charge in [0.2, 0.25) is 0 Å². The average Bonchev–Trinajstić information content (AvgIpc) is 2.27. The van der Waals surface area contributed by atoms with Gasteiger partial charge in [-0.15, -0.1) is 12.4 Å². The minimum absolute atomic E-state index is 0. The van der Waals surface area contributed by atoms with Crippen LogP contribution in [0.5, 0.6) is 11.5 Å². The molecular weight excluding hydrogens is 242 g/mol. The topological polar surface area (TPSA) is 64.7 Å². The number of aliphatic hydroxyl groups excluding tert-OH is 1. The number of aliphatic hydroxyl groups is 1. The summed E-state index contributed by atoms with van der Waals surface area (Å²) in [4.78, 5) is 0. The van der Waals surface area contributed by atoms with Crippen LogP contribution in [-0.4, -0.2) is 25.4 Å². The van der Waals surface area contributed by atoms with E-state index in [0.29, 0.717) is 17.9 Å². The van der Waals surface area contributed by atoms with Gasteiger partial charge in [0.25, 0.3) is 0 Å². The number of methoxy groups -OCH3 is 2. The molecular formula is C12H20ClNO3. The van der Waals surface area contributed by atoms with E-state index in [4.69, 9.17) is 15.2 Å². The van der Waals surface area contributed by atoms with Gasteiger partial charge in [-0.25, -0.2) is 0 Å². The third kappa shape index (κ3) is 4.42. The molecule has 3 N–H and O–H groups in total. The van der Waals surface area contributed by atoms with Gasteiger partial charge < -0.3 is 20.3 Å². The van der Waals surface area contributed by atoms with E-state index in [2.05, 4.69) is 0 Å². The second kappa shape index (κ2) is 7.37. The molecule has 1 rings (SSSR count). The van der Waals surface area contributed by atoms with Crippen molar-refractivity contribution < 1.29 is 14.6 Å². The van der Waals surface area contributed by atoms with Crippen LogP contribution >= 0.6 is 12.4 Å². The molecule has 0 aliphatic rings. The molecule has 0 radical (unpaired) electrons. The van der Waals surface area contributed by atoms with Crippen molar-refractivity contribution >= 4 is 12.4 Å². The van der Waals surface area contributed by atoms with Crippen LogP contribution in [0.25, 0.3) is 0 Å². The highest BCUT2D eigenvalue weighted by Crippen LogP contribution is 2.30. The van der Waals surface area contributed by atoms with E-state index >= 15 is 0 Å². The van der Waals surface area contributed by atoms with Crippen molar-refractivity contribution in [2.75, 3.05) is 14.2 Å². The first-order valence-corrected chi connectivity index (χ1v) is 5.24. The number of halogens is 1. The van der Waals surface area contributed by atoms with Crippen molar-refractivity contribution in [2.45, 2.75) is 25.5 Å². The van der Waals surface area contributed by atoms with Crippen molar-refractivity contribution in [3.8, 4) is 11.5 Å². The van der Waals surface area contributed by atoms with Crippen LogP contribution in [-0.2, 0) is 0 Å². The van der Waals surface area contributed by atoms with Gasteiger partial charge in [-0.05, 0) is 31.0 Å². The van der Waals surface area contributed by atoms with Crippen molar-refractivity contribution in [1.29, 1.82) is 0 Å². The molecule has 0 amide bonds. The van der Waals surface area contributed by atoms with Gasteiger partial charge in [0.1, 0.15) is 0 Å². The fourth-order valence-corrected chi connectivity index (χ4v) is 1.59. The normalized spacial score (nSPS) is 13.5. The highest BCUT2D eigenvalue weighted by molar-refractivity contribution is 5.85. The van der Waals surface area contributed by atoms with Crippen molar-refractivity contribution in [1.82, 2.24) is 0 Å². The first-order valence-electron chi connectivity index (χ1n) is 5.24. The Morgan fingerprint density at radius 1 is 1.24 bits per heavy atom. The second-order valence-electron chi connectivity index (χ2n) is 3.81. The summed E-state index contributed by atoms with van der Waals surface area (Å²) in [7, 11) is 3.18. The highest BCUT2D eigenvalue weighted by Gasteiger charge is 2.12. The summed E-state index contributed by atoms with van der Waals surface area (Å²) in [5.41, 5.74) is 6.88. The summed E-state index contributed by atoms with van der Waals surface area (Å²) in [6, 6.07) is 5.34. The minimum atomic E-state index is -0.414. The molecule has 0 bridgehead atoms. The number of hydrogen-bond acceptors (Lipinski definition) is 4. The van der Waals surface area contributed by atoms with E-state index in [0.717, 1.165) is 5.56 Å². The lowest BCUT2D eigenvalue weighted by molar-refractivity contribution is 0.175. The third-order valence-electron chi connectivity index (χ3n) is 2.43. The molecule has 0 saturated heterocycles. The molecule has 98 valence electrons. The predicted octanol–water partition coefficient (Wildman–Crippen LogP) is 1.90. The molecule has 1 aromatic carbocycles. The Labute approximate surface area is 108 Å². The first-order chi connectivity index (χ1) is 7.58. The first kappa shape index (κ1) is 16.0. The molecule has 0 aliphatic heterocycles. The molecule has 4 nitrogen and oxygen atoms in total. The maximum absolute atomic E-state index is 9.28. The number of rotatable bonds is 5. The lowest BCUT2D eigenvalue weighted by atomic mass is 10.0. The van der Waals surface area contributed by atoms with Crippen LogP contribution in [0, 0.1) is 0 Å². The summed E-state index contributed by atoms with van der Waals surface area (Å²) < 4.78 is 10.3. The van der Waals surface area contributed by atoms with Crippen molar-refractivity contribution in [2.24, 2.45) is 5.73 Å². The van der Waals surface area contributed by atoms with Gasteiger partial charge in [0, 0.05) is 6.04 Å². The van der Waals surface area contributed by atoms with Gasteiger partial charge >= 0.3 is 0 Å². The molecule has 17 heavy (non-hydrogen) atoms. The quantitative estimate of drug-likeness (QED) is 0.850. The van der Waals surface area contributed by atoms with Gasteiger partial charge in [-0.1, -0.05) is 6.07 Å². The standard InChI is InChI=1S/C12H19NO3.ClH/c1-8(14)6-10(13)9-4-5-11(15-2)12(7-9)16-3;/h4-5,7-8,10,14H,6,13H2,1-3H3;1H. The van der Waals surface area contributed by atoms with E-state index in [1.54, 1.807) is 21.1 Å². The zero-order chi connectivity index (χ0) is 12.1. The van der Waals surface area contributed by atoms with Crippen LogP contribution in [0.15, 0.2) is 18.2 Å².